The van der Waals surface area contributed by atoms with Gasteiger partial charge in [0, 0.05) is 20.0 Å². The fraction of sp³-hybridized carbons (Fsp3) is 0.600. The molecule has 0 atom stereocenters. The molecule has 1 fully saturated rings. The second kappa shape index (κ2) is 4.55. The van der Waals surface area contributed by atoms with Gasteiger partial charge in [-0.05, 0) is 0 Å². The smallest absolute Gasteiger partial charge is 0.177 e. The quantitative estimate of drug-likeness (QED) is 0.734. The lowest BCUT2D eigenvalue weighted by Gasteiger charge is -2.25. The van der Waals surface area contributed by atoms with Crippen LogP contribution in [0, 0.1) is 0 Å². The average molecular weight is 209 g/mol. The maximum absolute atomic E-state index is 11.0. The van der Waals surface area contributed by atoms with Gasteiger partial charge < -0.3 is 9.72 Å². The molecule has 2 rings (SSSR count). The number of aromatic amines is 1. The number of hydrogen-bond acceptors (Lipinski definition) is 4. The third kappa shape index (κ3) is 2.64. The van der Waals surface area contributed by atoms with E-state index in [-0.39, 0.29) is 5.78 Å². The molecule has 0 unspecified atom stereocenters. The molecular weight excluding hydrogens is 194 g/mol. The van der Waals surface area contributed by atoms with Crippen molar-refractivity contribution in [2.45, 2.75) is 13.5 Å². The standard InChI is InChI=1S/C10H15N3O2/c1-8(14)9-6-11-10(12-9)7-13-2-4-15-5-3-13/h6H,2-5,7H2,1H3,(H,11,12). The number of carbonyl (C=O) groups is 1. The fourth-order valence-corrected chi connectivity index (χ4v) is 1.59. The van der Waals surface area contributed by atoms with Gasteiger partial charge in [-0.3, -0.25) is 9.69 Å². The first-order valence-corrected chi connectivity index (χ1v) is 5.10. The van der Waals surface area contributed by atoms with Crippen LogP contribution in [0.2, 0.25) is 0 Å². The molecule has 0 spiro atoms. The number of nitrogens with zero attached hydrogens (tertiary/aromatic N) is 2. The number of ketones is 1. The average Bonchev–Trinajstić information content (AvgIpc) is 2.68. The van der Waals surface area contributed by atoms with Crippen LogP contribution >= 0.6 is 0 Å². The Hall–Kier alpha value is -1.20. The highest BCUT2D eigenvalue weighted by Crippen LogP contribution is 2.04. The Balaban J connectivity index is 1.94. The molecule has 15 heavy (non-hydrogen) atoms. The Kier molecular flexibility index (Phi) is 3.13. The lowest BCUT2D eigenvalue weighted by molar-refractivity contribution is 0.0331. The molecule has 1 saturated heterocycles. The first-order valence-electron chi connectivity index (χ1n) is 5.10. The van der Waals surface area contributed by atoms with Crippen molar-refractivity contribution in [2.75, 3.05) is 26.3 Å². The van der Waals surface area contributed by atoms with Gasteiger partial charge in [0.25, 0.3) is 0 Å². The second-order valence-corrected chi connectivity index (χ2v) is 3.69. The summed E-state index contributed by atoms with van der Waals surface area (Å²) in [5.74, 6) is 0.873. The highest BCUT2D eigenvalue weighted by Gasteiger charge is 2.12. The predicted octanol–water partition coefficient (Wildman–Crippen LogP) is 0.444. The number of nitrogens with one attached hydrogen (secondary N) is 1. The van der Waals surface area contributed by atoms with Gasteiger partial charge in [-0.1, -0.05) is 0 Å². The number of rotatable bonds is 3. The molecular formula is C10H15N3O2. The van der Waals surface area contributed by atoms with Crippen LogP contribution in [-0.4, -0.2) is 47.0 Å². The number of ether oxygens (including phenoxy) is 1. The fourth-order valence-electron chi connectivity index (χ4n) is 1.59. The van der Waals surface area contributed by atoms with Gasteiger partial charge >= 0.3 is 0 Å². The van der Waals surface area contributed by atoms with E-state index in [0.717, 1.165) is 38.7 Å². The Morgan fingerprint density at radius 1 is 1.60 bits per heavy atom. The van der Waals surface area contributed by atoms with Crippen molar-refractivity contribution in [2.24, 2.45) is 0 Å². The number of aromatic nitrogens is 2. The summed E-state index contributed by atoms with van der Waals surface area (Å²) < 4.78 is 5.25. The van der Waals surface area contributed by atoms with Crippen molar-refractivity contribution in [3.8, 4) is 0 Å². The number of hydrogen-bond donors (Lipinski definition) is 1. The zero-order valence-electron chi connectivity index (χ0n) is 8.82. The Morgan fingerprint density at radius 3 is 2.93 bits per heavy atom. The second-order valence-electron chi connectivity index (χ2n) is 3.69. The molecule has 1 aliphatic heterocycles. The SMILES string of the molecule is CC(=O)c1cnc(CN2CCOCC2)[nH]1. The third-order valence-corrected chi connectivity index (χ3v) is 2.48. The van der Waals surface area contributed by atoms with Crippen LogP contribution in [0.25, 0.3) is 0 Å². The third-order valence-electron chi connectivity index (χ3n) is 2.48. The van der Waals surface area contributed by atoms with E-state index in [0.29, 0.717) is 5.69 Å². The summed E-state index contributed by atoms with van der Waals surface area (Å²) in [6, 6.07) is 0. The monoisotopic (exact) mass is 209 g/mol. The minimum absolute atomic E-state index is 0.0238. The Labute approximate surface area is 88.4 Å². The Bertz CT molecular complexity index is 342. The molecule has 0 bridgehead atoms. The summed E-state index contributed by atoms with van der Waals surface area (Å²) in [4.78, 5) is 20.5. The summed E-state index contributed by atoms with van der Waals surface area (Å²) in [7, 11) is 0. The zero-order chi connectivity index (χ0) is 10.7. The van der Waals surface area contributed by atoms with E-state index in [1.807, 2.05) is 0 Å². The first kappa shape index (κ1) is 10.3. The van der Waals surface area contributed by atoms with Crippen LogP contribution in [0.4, 0.5) is 0 Å². The van der Waals surface area contributed by atoms with Gasteiger partial charge in [0.2, 0.25) is 0 Å². The van der Waals surface area contributed by atoms with E-state index >= 15 is 0 Å². The lowest BCUT2D eigenvalue weighted by atomic mass is 10.3. The number of Topliss-reactive ketones (excluding diaryl/α,β-unsaturated/α-hetero) is 1. The summed E-state index contributed by atoms with van der Waals surface area (Å²) >= 11 is 0. The van der Waals surface area contributed by atoms with E-state index in [4.69, 9.17) is 4.74 Å². The van der Waals surface area contributed by atoms with E-state index in [1.54, 1.807) is 6.20 Å². The minimum Gasteiger partial charge on any atom is -0.379 e. The minimum atomic E-state index is 0.0238. The molecule has 1 aromatic heterocycles. The van der Waals surface area contributed by atoms with E-state index in [2.05, 4.69) is 14.9 Å². The van der Waals surface area contributed by atoms with Crippen LogP contribution < -0.4 is 0 Å². The van der Waals surface area contributed by atoms with Crippen LogP contribution in [-0.2, 0) is 11.3 Å². The maximum Gasteiger partial charge on any atom is 0.177 e. The number of morpholine rings is 1. The molecule has 1 aliphatic rings. The van der Waals surface area contributed by atoms with E-state index in [9.17, 15) is 4.79 Å². The van der Waals surface area contributed by atoms with Gasteiger partial charge in [0.1, 0.15) is 11.5 Å². The van der Waals surface area contributed by atoms with E-state index in [1.165, 1.54) is 6.92 Å². The topological polar surface area (TPSA) is 58.2 Å². The van der Waals surface area contributed by atoms with E-state index < -0.39 is 0 Å². The molecule has 0 amide bonds. The number of H-pyrrole nitrogens is 1. The number of carbonyl (C=O) groups excluding carboxylic acids is 1. The summed E-state index contributed by atoms with van der Waals surface area (Å²) in [6.45, 7) is 5.70. The molecule has 5 nitrogen and oxygen atoms in total. The highest BCUT2D eigenvalue weighted by atomic mass is 16.5. The molecule has 1 aromatic rings. The van der Waals surface area contributed by atoms with Crippen molar-refractivity contribution in [3.05, 3.63) is 17.7 Å². The zero-order valence-corrected chi connectivity index (χ0v) is 8.82. The van der Waals surface area contributed by atoms with Crippen molar-refractivity contribution in [1.29, 1.82) is 0 Å². The summed E-state index contributed by atoms with van der Waals surface area (Å²) in [5, 5.41) is 0. The highest BCUT2D eigenvalue weighted by molar-refractivity contribution is 5.91. The van der Waals surface area contributed by atoms with Gasteiger partial charge in [0.05, 0.1) is 26.0 Å². The van der Waals surface area contributed by atoms with Gasteiger partial charge in [-0.2, -0.15) is 0 Å². The molecule has 0 aromatic carbocycles. The van der Waals surface area contributed by atoms with Crippen LogP contribution in [0.15, 0.2) is 6.20 Å². The lowest BCUT2D eigenvalue weighted by Crippen LogP contribution is -2.35. The first-order chi connectivity index (χ1) is 7.25. The van der Waals surface area contributed by atoms with Crippen LogP contribution in [0.3, 0.4) is 0 Å². The van der Waals surface area contributed by atoms with Gasteiger partial charge in [0.15, 0.2) is 5.78 Å². The molecule has 0 aliphatic carbocycles. The normalized spacial score (nSPS) is 17.9. The summed E-state index contributed by atoms with van der Waals surface area (Å²) in [6.07, 6.45) is 1.60. The summed E-state index contributed by atoms with van der Waals surface area (Å²) in [5.41, 5.74) is 0.582. The molecule has 82 valence electrons. The molecule has 0 radical (unpaired) electrons. The number of imidazole rings is 1. The van der Waals surface area contributed by atoms with Crippen LogP contribution in [0.5, 0.6) is 0 Å². The Morgan fingerprint density at radius 2 is 2.33 bits per heavy atom. The molecule has 1 N–H and O–H groups in total. The molecule has 5 heteroatoms. The predicted molar refractivity (Wildman–Crippen MR) is 54.7 cm³/mol. The van der Waals surface area contributed by atoms with Gasteiger partial charge in [-0.15, -0.1) is 0 Å². The van der Waals surface area contributed by atoms with Crippen molar-refractivity contribution < 1.29 is 9.53 Å². The van der Waals surface area contributed by atoms with Crippen molar-refractivity contribution in [3.63, 3.8) is 0 Å². The molecule has 0 saturated carbocycles. The maximum atomic E-state index is 11.0. The van der Waals surface area contributed by atoms with Crippen molar-refractivity contribution >= 4 is 5.78 Å². The molecule has 2 heterocycles. The largest absolute Gasteiger partial charge is 0.379 e. The van der Waals surface area contributed by atoms with Gasteiger partial charge in [-0.25, -0.2) is 4.98 Å². The van der Waals surface area contributed by atoms with Crippen LogP contribution in [0.1, 0.15) is 23.2 Å². The van der Waals surface area contributed by atoms with Crippen molar-refractivity contribution in [1.82, 2.24) is 14.9 Å².